The number of nitrogens with zero attached hydrogens (tertiary/aromatic N) is 2. The molecule has 7 heteroatoms. The average molecular weight is 362 g/mol. The molecule has 134 valence electrons. The molecule has 2 amide bonds. The van der Waals surface area contributed by atoms with E-state index in [4.69, 9.17) is 9.47 Å². The van der Waals surface area contributed by atoms with Crippen LogP contribution >= 0.6 is 11.8 Å². The molecule has 0 bridgehead atoms. The number of ether oxygens (including phenoxy) is 2. The van der Waals surface area contributed by atoms with E-state index in [1.807, 2.05) is 38.1 Å². The molecule has 2 heterocycles. The molecule has 0 radical (unpaired) electrons. The number of benzene rings is 1. The highest BCUT2D eigenvalue weighted by Gasteiger charge is 2.37. The number of carbonyl (C=O) groups is 2. The van der Waals surface area contributed by atoms with E-state index in [2.05, 4.69) is 4.90 Å². The Morgan fingerprint density at radius 2 is 1.92 bits per heavy atom. The zero-order valence-corrected chi connectivity index (χ0v) is 15.4. The highest BCUT2D eigenvalue weighted by molar-refractivity contribution is 8.18. The minimum atomic E-state index is -0.257. The van der Waals surface area contributed by atoms with E-state index in [0.29, 0.717) is 30.4 Å². The predicted octanol–water partition coefficient (Wildman–Crippen LogP) is 2.80. The van der Waals surface area contributed by atoms with Crippen molar-refractivity contribution in [1.29, 1.82) is 0 Å². The molecule has 2 saturated heterocycles. The molecule has 0 spiro atoms. The Hall–Kier alpha value is -1.83. The van der Waals surface area contributed by atoms with Gasteiger partial charge in [0.2, 0.25) is 0 Å². The third-order valence-electron chi connectivity index (χ3n) is 4.14. The van der Waals surface area contributed by atoms with Crippen LogP contribution in [0.5, 0.6) is 5.75 Å². The first-order chi connectivity index (χ1) is 12.0. The fraction of sp³-hybridized carbons (Fsp3) is 0.444. The summed E-state index contributed by atoms with van der Waals surface area (Å²) in [6.45, 7) is 5.71. The van der Waals surface area contributed by atoms with Gasteiger partial charge in [-0.15, -0.1) is 0 Å². The van der Waals surface area contributed by atoms with Gasteiger partial charge in [-0.25, -0.2) is 0 Å². The summed E-state index contributed by atoms with van der Waals surface area (Å²) in [6, 6.07) is 7.42. The van der Waals surface area contributed by atoms with Crippen molar-refractivity contribution in [2.75, 3.05) is 26.9 Å². The van der Waals surface area contributed by atoms with Crippen molar-refractivity contribution in [3.8, 4) is 5.75 Å². The first kappa shape index (κ1) is 18.0. The summed E-state index contributed by atoms with van der Waals surface area (Å²) in [6.07, 6.45) is 1.90. The monoisotopic (exact) mass is 362 g/mol. The Bertz CT molecular complexity index is 696. The summed E-state index contributed by atoms with van der Waals surface area (Å²) in [5.41, 5.74) is 0.782. The zero-order chi connectivity index (χ0) is 18.0. The van der Waals surface area contributed by atoms with Gasteiger partial charge < -0.3 is 9.47 Å². The quantitative estimate of drug-likeness (QED) is 0.768. The predicted molar refractivity (Wildman–Crippen MR) is 97.3 cm³/mol. The lowest BCUT2D eigenvalue weighted by Gasteiger charge is -2.36. The van der Waals surface area contributed by atoms with Gasteiger partial charge in [0.05, 0.1) is 30.9 Å². The molecule has 1 aromatic carbocycles. The lowest BCUT2D eigenvalue weighted by molar-refractivity contribution is -0.127. The van der Waals surface area contributed by atoms with Gasteiger partial charge in [-0.1, -0.05) is 18.2 Å². The number of imide groups is 1. The number of thioether (sulfide) groups is 1. The number of carbonyl (C=O) groups excluding carboxylic acids is 2. The van der Waals surface area contributed by atoms with Gasteiger partial charge in [0.25, 0.3) is 11.1 Å². The molecule has 3 rings (SSSR count). The second-order valence-corrected chi connectivity index (χ2v) is 7.28. The standard InChI is InChI=1S/C18H22N2O4S/c1-12-9-19(10-13(2)24-12)11-20-17(21)16(25-18(20)22)8-14-6-4-5-7-15(14)23-3/h4-8,12-13H,9-11H2,1-3H3/b16-8+/t12-,13+. The van der Waals surface area contributed by atoms with Crippen LogP contribution in [-0.2, 0) is 9.53 Å². The summed E-state index contributed by atoms with van der Waals surface area (Å²) in [4.78, 5) is 28.8. The third kappa shape index (κ3) is 4.05. The van der Waals surface area contributed by atoms with E-state index in [0.717, 1.165) is 17.3 Å². The maximum absolute atomic E-state index is 12.7. The molecular weight excluding hydrogens is 340 g/mol. The van der Waals surface area contributed by atoms with Crippen LogP contribution in [-0.4, -0.2) is 60.0 Å². The number of amides is 2. The van der Waals surface area contributed by atoms with Crippen LogP contribution in [0.2, 0.25) is 0 Å². The molecule has 25 heavy (non-hydrogen) atoms. The molecule has 6 nitrogen and oxygen atoms in total. The summed E-state index contributed by atoms with van der Waals surface area (Å²) < 4.78 is 11.0. The van der Waals surface area contributed by atoms with Crippen molar-refractivity contribution in [2.24, 2.45) is 0 Å². The van der Waals surface area contributed by atoms with Crippen molar-refractivity contribution in [3.05, 3.63) is 34.7 Å². The minimum absolute atomic E-state index is 0.0906. The molecule has 2 atom stereocenters. The summed E-state index contributed by atoms with van der Waals surface area (Å²) in [5, 5.41) is -0.238. The van der Waals surface area contributed by atoms with Gasteiger partial charge in [-0.05, 0) is 37.8 Å². The maximum atomic E-state index is 12.7. The fourth-order valence-electron chi connectivity index (χ4n) is 3.15. The third-order valence-corrected chi connectivity index (χ3v) is 5.04. The Balaban J connectivity index is 1.75. The lowest BCUT2D eigenvalue weighted by atomic mass is 10.2. The molecule has 2 fully saturated rings. The van der Waals surface area contributed by atoms with Gasteiger partial charge in [0.1, 0.15) is 5.75 Å². The Morgan fingerprint density at radius 3 is 2.60 bits per heavy atom. The van der Waals surface area contributed by atoms with Crippen LogP contribution in [0.4, 0.5) is 4.79 Å². The molecule has 0 unspecified atom stereocenters. The molecule has 0 saturated carbocycles. The highest BCUT2D eigenvalue weighted by Crippen LogP contribution is 2.34. The Kier molecular flexibility index (Phi) is 5.46. The van der Waals surface area contributed by atoms with Crippen LogP contribution in [0, 0.1) is 0 Å². The van der Waals surface area contributed by atoms with Gasteiger partial charge in [-0.3, -0.25) is 19.4 Å². The number of para-hydroxylation sites is 1. The van der Waals surface area contributed by atoms with E-state index >= 15 is 0 Å². The van der Waals surface area contributed by atoms with Crippen LogP contribution < -0.4 is 4.74 Å². The highest BCUT2D eigenvalue weighted by atomic mass is 32.2. The summed E-state index contributed by atoms with van der Waals surface area (Å²) in [7, 11) is 1.58. The van der Waals surface area contributed by atoms with Gasteiger partial charge >= 0.3 is 0 Å². The number of morpholine rings is 1. The van der Waals surface area contributed by atoms with Crippen LogP contribution in [0.15, 0.2) is 29.2 Å². The largest absolute Gasteiger partial charge is 0.496 e. The van der Waals surface area contributed by atoms with Crippen LogP contribution in [0.3, 0.4) is 0 Å². The molecule has 0 aromatic heterocycles. The summed E-state index contributed by atoms with van der Waals surface area (Å²) in [5.74, 6) is 0.415. The van der Waals surface area contributed by atoms with Crippen LogP contribution in [0.25, 0.3) is 6.08 Å². The lowest BCUT2D eigenvalue weighted by Crippen LogP contribution is -2.50. The van der Waals surface area contributed by atoms with Gasteiger partial charge in [-0.2, -0.15) is 0 Å². The second-order valence-electron chi connectivity index (χ2n) is 6.29. The molecular formula is C18H22N2O4S. The van der Waals surface area contributed by atoms with Gasteiger partial charge in [0, 0.05) is 18.7 Å². The topological polar surface area (TPSA) is 59.1 Å². The molecule has 0 aliphatic carbocycles. The number of methoxy groups -OCH3 is 1. The normalized spacial score (nSPS) is 26.5. The minimum Gasteiger partial charge on any atom is -0.496 e. The first-order valence-corrected chi connectivity index (χ1v) is 9.05. The van der Waals surface area contributed by atoms with Crippen molar-refractivity contribution >= 4 is 29.0 Å². The van der Waals surface area contributed by atoms with E-state index < -0.39 is 0 Å². The first-order valence-electron chi connectivity index (χ1n) is 8.24. The van der Waals surface area contributed by atoms with E-state index in [1.54, 1.807) is 13.2 Å². The van der Waals surface area contributed by atoms with E-state index in [1.165, 1.54) is 4.90 Å². The maximum Gasteiger partial charge on any atom is 0.294 e. The number of hydrogen-bond acceptors (Lipinski definition) is 6. The number of rotatable bonds is 4. The van der Waals surface area contributed by atoms with Gasteiger partial charge in [0.15, 0.2) is 0 Å². The number of hydrogen-bond donors (Lipinski definition) is 0. The van der Waals surface area contributed by atoms with Crippen molar-refractivity contribution < 1.29 is 19.1 Å². The fourth-order valence-corrected chi connectivity index (χ4v) is 3.97. The van der Waals surface area contributed by atoms with Crippen molar-refractivity contribution in [1.82, 2.24) is 9.80 Å². The zero-order valence-electron chi connectivity index (χ0n) is 14.6. The molecule has 2 aliphatic heterocycles. The molecule has 0 N–H and O–H groups in total. The smallest absolute Gasteiger partial charge is 0.294 e. The Labute approximate surface area is 151 Å². The SMILES string of the molecule is COc1ccccc1/C=C1/SC(=O)N(CN2C[C@@H](C)O[C@@H](C)C2)C1=O. The van der Waals surface area contributed by atoms with E-state index in [-0.39, 0.29) is 23.4 Å². The average Bonchev–Trinajstić information content (AvgIpc) is 2.82. The van der Waals surface area contributed by atoms with Crippen molar-refractivity contribution in [3.63, 3.8) is 0 Å². The second kappa shape index (κ2) is 7.59. The van der Waals surface area contributed by atoms with Crippen molar-refractivity contribution in [2.45, 2.75) is 26.1 Å². The summed E-state index contributed by atoms with van der Waals surface area (Å²) >= 11 is 0.971. The Morgan fingerprint density at radius 1 is 1.24 bits per heavy atom. The van der Waals surface area contributed by atoms with Crippen LogP contribution in [0.1, 0.15) is 19.4 Å². The van der Waals surface area contributed by atoms with E-state index in [9.17, 15) is 9.59 Å². The molecule has 2 aliphatic rings. The molecule has 1 aromatic rings.